The molecule has 0 spiro atoms. The lowest BCUT2D eigenvalue weighted by Gasteiger charge is -2.10. The molecule has 0 saturated carbocycles. The van der Waals surface area contributed by atoms with Crippen molar-refractivity contribution in [2.24, 2.45) is 0 Å². The molecule has 0 saturated heterocycles. The summed E-state index contributed by atoms with van der Waals surface area (Å²) in [6, 6.07) is 21.3. The van der Waals surface area contributed by atoms with Crippen molar-refractivity contribution in [2.75, 3.05) is 5.32 Å². The average molecular weight is 457 g/mol. The maximum atomic E-state index is 12.4. The van der Waals surface area contributed by atoms with Gasteiger partial charge in [-0.05, 0) is 25.5 Å². The highest BCUT2D eigenvalue weighted by Gasteiger charge is 2.18. The van der Waals surface area contributed by atoms with Crippen LogP contribution in [0.4, 0.5) is 5.82 Å². The van der Waals surface area contributed by atoms with Crippen LogP contribution in [0.25, 0.3) is 17.3 Å². The van der Waals surface area contributed by atoms with E-state index in [1.807, 2.05) is 71.5 Å². The highest BCUT2D eigenvalue weighted by Crippen LogP contribution is 2.23. The fourth-order valence-corrected chi connectivity index (χ4v) is 3.31. The Bertz CT molecular complexity index is 1290. The Hall–Kier alpha value is -4.46. The molecule has 2 aromatic heterocycles. The lowest BCUT2D eigenvalue weighted by atomic mass is 10.1. The van der Waals surface area contributed by atoms with Crippen molar-refractivity contribution in [3.05, 3.63) is 95.9 Å². The topological polar surface area (TPSA) is 99.2 Å². The van der Waals surface area contributed by atoms with Gasteiger partial charge in [-0.1, -0.05) is 65.8 Å². The predicted molar refractivity (Wildman–Crippen MR) is 128 cm³/mol. The van der Waals surface area contributed by atoms with Gasteiger partial charge in [0, 0.05) is 29.5 Å². The fraction of sp³-hybridized carbons (Fsp3) is 0.154. The summed E-state index contributed by atoms with van der Waals surface area (Å²) in [7, 11) is 0. The van der Waals surface area contributed by atoms with Crippen LogP contribution in [-0.2, 0) is 20.9 Å². The van der Waals surface area contributed by atoms with E-state index in [0.717, 1.165) is 22.4 Å². The maximum Gasteiger partial charge on any atom is 0.331 e. The first kappa shape index (κ1) is 22.7. The first-order valence-electron chi connectivity index (χ1n) is 10.8. The fourth-order valence-electron chi connectivity index (χ4n) is 3.31. The smallest absolute Gasteiger partial charge is 0.331 e. The number of hydrogen-bond donors (Lipinski definition) is 1. The van der Waals surface area contributed by atoms with Crippen molar-refractivity contribution in [1.82, 2.24) is 14.9 Å². The number of esters is 1. The number of aryl methyl sites for hydroxylation is 1. The van der Waals surface area contributed by atoms with Crippen LogP contribution < -0.4 is 5.32 Å². The van der Waals surface area contributed by atoms with Crippen molar-refractivity contribution >= 4 is 23.8 Å². The second kappa shape index (κ2) is 10.4. The van der Waals surface area contributed by atoms with Gasteiger partial charge in [0.2, 0.25) is 0 Å². The van der Waals surface area contributed by atoms with Gasteiger partial charge >= 0.3 is 5.97 Å². The van der Waals surface area contributed by atoms with Gasteiger partial charge in [-0.2, -0.15) is 5.10 Å². The molecule has 1 atom stereocenters. The van der Waals surface area contributed by atoms with Crippen molar-refractivity contribution in [3.63, 3.8) is 0 Å². The van der Waals surface area contributed by atoms with Gasteiger partial charge in [0.15, 0.2) is 11.9 Å². The molecule has 2 aromatic carbocycles. The summed E-state index contributed by atoms with van der Waals surface area (Å²) in [5.41, 5.74) is 3.54. The lowest BCUT2D eigenvalue weighted by molar-refractivity contribution is -0.148. The summed E-state index contributed by atoms with van der Waals surface area (Å²) in [5.74, 6) is -0.325. The Balaban J connectivity index is 1.47. The molecule has 8 heteroatoms. The van der Waals surface area contributed by atoms with E-state index in [0.29, 0.717) is 12.3 Å². The highest BCUT2D eigenvalue weighted by atomic mass is 16.5. The van der Waals surface area contributed by atoms with E-state index < -0.39 is 18.0 Å². The van der Waals surface area contributed by atoms with Gasteiger partial charge < -0.3 is 14.6 Å². The molecule has 0 aliphatic carbocycles. The predicted octanol–water partition coefficient (Wildman–Crippen LogP) is 4.48. The molecule has 4 aromatic rings. The summed E-state index contributed by atoms with van der Waals surface area (Å²) >= 11 is 0. The minimum Gasteiger partial charge on any atom is -0.449 e. The van der Waals surface area contributed by atoms with Crippen LogP contribution in [0.15, 0.2) is 83.5 Å². The number of benzene rings is 2. The zero-order valence-electron chi connectivity index (χ0n) is 18.8. The van der Waals surface area contributed by atoms with Crippen LogP contribution in [0.2, 0.25) is 0 Å². The normalized spacial score (nSPS) is 11.9. The largest absolute Gasteiger partial charge is 0.449 e. The summed E-state index contributed by atoms with van der Waals surface area (Å²) in [5, 5.41) is 11.0. The molecule has 4 rings (SSSR count). The van der Waals surface area contributed by atoms with Crippen LogP contribution in [-0.4, -0.2) is 32.9 Å². The number of carbonyl (C=O) groups excluding carboxylic acids is 2. The molecule has 0 aliphatic heterocycles. The molecule has 2 heterocycles. The van der Waals surface area contributed by atoms with Crippen LogP contribution in [0.5, 0.6) is 0 Å². The lowest BCUT2D eigenvalue weighted by Crippen LogP contribution is -2.29. The van der Waals surface area contributed by atoms with Crippen LogP contribution in [0, 0.1) is 6.92 Å². The van der Waals surface area contributed by atoms with Gasteiger partial charge in [-0.3, -0.25) is 9.48 Å². The molecule has 0 radical (unpaired) electrons. The third-order valence-corrected chi connectivity index (χ3v) is 4.96. The van der Waals surface area contributed by atoms with Crippen LogP contribution in [0.1, 0.15) is 23.8 Å². The second-order valence-corrected chi connectivity index (χ2v) is 7.71. The number of anilines is 1. The van der Waals surface area contributed by atoms with Gasteiger partial charge in [0.05, 0.1) is 12.2 Å². The number of nitrogens with zero attached hydrogens (tertiary/aromatic N) is 3. The maximum absolute atomic E-state index is 12.4. The molecule has 1 N–H and O–H groups in total. The van der Waals surface area contributed by atoms with E-state index in [2.05, 4.69) is 10.5 Å². The van der Waals surface area contributed by atoms with E-state index in [4.69, 9.17) is 14.4 Å². The minimum atomic E-state index is -1.01. The Labute approximate surface area is 196 Å². The SMILES string of the molecule is Cc1cc(NC(=O)C(C)OC(=O)/C=C/c2cn(Cc3ccccc3)nc2-c2ccccc2)no1. The van der Waals surface area contributed by atoms with Gasteiger partial charge in [0.25, 0.3) is 5.91 Å². The Kier molecular flexibility index (Phi) is 6.98. The van der Waals surface area contributed by atoms with Gasteiger partial charge in [-0.25, -0.2) is 4.79 Å². The number of carbonyl (C=O) groups is 2. The van der Waals surface area contributed by atoms with E-state index in [-0.39, 0.29) is 5.82 Å². The molecular weight excluding hydrogens is 432 g/mol. The Morgan fingerprint density at radius 3 is 2.50 bits per heavy atom. The molecule has 0 bridgehead atoms. The average Bonchev–Trinajstić information content (AvgIpc) is 3.44. The monoisotopic (exact) mass is 456 g/mol. The van der Waals surface area contributed by atoms with E-state index in [1.54, 1.807) is 19.1 Å². The van der Waals surface area contributed by atoms with Crippen molar-refractivity contribution in [1.29, 1.82) is 0 Å². The number of hydrogen-bond acceptors (Lipinski definition) is 6. The van der Waals surface area contributed by atoms with Gasteiger partial charge in [-0.15, -0.1) is 0 Å². The summed E-state index contributed by atoms with van der Waals surface area (Å²) < 4.78 is 12.0. The first-order valence-corrected chi connectivity index (χ1v) is 10.8. The van der Waals surface area contributed by atoms with Crippen molar-refractivity contribution < 1.29 is 18.8 Å². The number of amides is 1. The first-order chi connectivity index (χ1) is 16.5. The van der Waals surface area contributed by atoms with Gasteiger partial charge in [0.1, 0.15) is 5.76 Å². The number of rotatable bonds is 8. The number of aromatic nitrogens is 3. The van der Waals surface area contributed by atoms with E-state index in [1.165, 1.54) is 13.0 Å². The summed E-state index contributed by atoms with van der Waals surface area (Å²) in [6.07, 6.45) is 3.80. The van der Waals surface area contributed by atoms with Crippen molar-refractivity contribution in [2.45, 2.75) is 26.5 Å². The molecule has 0 aliphatic rings. The minimum absolute atomic E-state index is 0.263. The Morgan fingerprint density at radius 2 is 1.82 bits per heavy atom. The third-order valence-electron chi connectivity index (χ3n) is 4.96. The number of nitrogens with one attached hydrogen (secondary N) is 1. The quantitative estimate of drug-likeness (QED) is 0.310. The third kappa shape index (κ3) is 5.86. The summed E-state index contributed by atoms with van der Waals surface area (Å²) in [4.78, 5) is 24.6. The zero-order chi connectivity index (χ0) is 23.9. The second-order valence-electron chi connectivity index (χ2n) is 7.71. The number of ether oxygens (including phenoxy) is 1. The van der Waals surface area contributed by atoms with E-state index >= 15 is 0 Å². The zero-order valence-corrected chi connectivity index (χ0v) is 18.8. The molecule has 34 heavy (non-hydrogen) atoms. The highest BCUT2D eigenvalue weighted by molar-refractivity contribution is 5.96. The molecule has 1 amide bonds. The molecule has 0 fully saturated rings. The van der Waals surface area contributed by atoms with Crippen LogP contribution in [0.3, 0.4) is 0 Å². The molecular formula is C26H24N4O4. The summed E-state index contributed by atoms with van der Waals surface area (Å²) in [6.45, 7) is 3.79. The molecule has 172 valence electrons. The standard InChI is InChI=1S/C26H24N4O4/c1-18-15-23(29-34-18)27-26(32)19(2)33-24(31)14-13-22-17-30(16-20-9-5-3-6-10-20)28-25(22)21-11-7-4-8-12-21/h3-15,17,19H,16H2,1-2H3,(H,27,29,32)/b14-13+. The Morgan fingerprint density at radius 1 is 1.12 bits per heavy atom. The molecule has 1 unspecified atom stereocenters. The molecule has 8 nitrogen and oxygen atoms in total. The van der Waals surface area contributed by atoms with E-state index in [9.17, 15) is 9.59 Å². The van der Waals surface area contributed by atoms with Crippen LogP contribution >= 0.6 is 0 Å². The van der Waals surface area contributed by atoms with Crippen molar-refractivity contribution in [3.8, 4) is 11.3 Å².